The lowest BCUT2D eigenvalue weighted by Gasteiger charge is -2.05. The molecule has 1 atom stereocenters. The van der Waals surface area contributed by atoms with Crippen molar-refractivity contribution in [2.75, 3.05) is 0 Å². The van der Waals surface area contributed by atoms with Gasteiger partial charge in [-0.1, -0.05) is 0 Å². The van der Waals surface area contributed by atoms with Crippen LogP contribution in [0.3, 0.4) is 0 Å². The summed E-state index contributed by atoms with van der Waals surface area (Å²) < 4.78 is 0. The van der Waals surface area contributed by atoms with Crippen LogP contribution in [0.5, 0.6) is 0 Å². The molecule has 3 nitrogen and oxygen atoms in total. The van der Waals surface area contributed by atoms with Gasteiger partial charge in [-0.05, 0) is 13.8 Å². The van der Waals surface area contributed by atoms with Crippen molar-refractivity contribution in [3.8, 4) is 0 Å². The van der Waals surface area contributed by atoms with Crippen molar-refractivity contribution < 1.29 is 0 Å². The fourth-order valence-corrected chi connectivity index (χ4v) is 0.865. The maximum absolute atomic E-state index is 5.61. The van der Waals surface area contributed by atoms with Crippen LogP contribution in [-0.4, -0.2) is 9.97 Å². The molecule has 12 heavy (non-hydrogen) atoms. The average Bonchev–Trinajstić information content (AvgIpc) is 1.88. The first-order valence-electron chi connectivity index (χ1n) is 3.25. The van der Waals surface area contributed by atoms with Gasteiger partial charge in [0.1, 0.15) is 0 Å². The van der Waals surface area contributed by atoms with Gasteiger partial charge in [-0.2, -0.15) is 0 Å². The lowest BCUT2D eigenvalue weighted by Crippen LogP contribution is -2.09. The molecule has 5 heteroatoms. The predicted octanol–water partition coefficient (Wildman–Crippen LogP) is 1.65. The Balaban J connectivity index is 0. The molecule has 1 aromatic rings. The summed E-state index contributed by atoms with van der Waals surface area (Å²) in [5, 5.41) is 0. The zero-order chi connectivity index (χ0) is 7.56. The number of rotatable bonds is 1. The van der Waals surface area contributed by atoms with Crippen molar-refractivity contribution in [3.63, 3.8) is 0 Å². The molecule has 0 saturated heterocycles. The van der Waals surface area contributed by atoms with Crippen molar-refractivity contribution >= 4 is 24.8 Å². The highest BCUT2D eigenvalue weighted by molar-refractivity contribution is 5.85. The molecule has 70 valence electrons. The maximum atomic E-state index is 5.61. The summed E-state index contributed by atoms with van der Waals surface area (Å²) in [5.41, 5.74) is 7.40. The molecule has 0 unspecified atom stereocenters. The van der Waals surface area contributed by atoms with E-state index in [9.17, 15) is 0 Å². The highest BCUT2D eigenvalue weighted by Crippen LogP contribution is 2.07. The third kappa shape index (κ3) is 3.34. The number of aromatic nitrogens is 2. The van der Waals surface area contributed by atoms with E-state index < -0.39 is 0 Å². The first kappa shape index (κ1) is 14.2. The largest absolute Gasteiger partial charge is 0.323 e. The first-order chi connectivity index (χ1) is 4.72. The summed E-state index contributed by atoms with van der Waals surface area (Å²) in [6.45, 7) is 3.81. The summed E-state index contributed by atoms with van der Waals surface area (Å²) in [6.07, 6.45) is 3.33. The molecule has 0 aliphatic heterocycles. The van der Waals surface area contributed by atoms with Gasteiger partial charge in [0, 0.05) is 18.4 Å². The number of hydrogen-bond acceptors (Lipinski definition) is 3. The summed E-state index contributed by atoms with van der Waals surface area (Å²) in [7, 11) is 0. The van der Waals surface area contributed by atoms with E-state index in [0.717, 1.165) is 11.4 Å². The summed E-state index contributed by atoms with van der Waals surface area (Å²) in [4.78, 5) is 8.15. The average molecular weight is 210 g/mol. The van der Waals surface area contributed by atoms with Gasteiger partial charge in [0.25, 0.3) is 0 Å². The van der Waals surface area contributed by atoms with Gasteiger partial charge in [-0.25, -0.2) is 0 Å². The van der Waals surface area contributed by atoms with Gasteiger partial charge in [0.2, 0.25) is 0 Å². The van der Waals surface area contributed by atoms with E-state index in [1.54, 1.807) is 12.4 Å². The number of aryl methyl sites for hydroxylation is 1. The summed E-state index contributed by atoms with van der Waals surface area (Å²) in [5.74, 6) is 0. The van der Waals surface area contributed by atoms with E-state index in [1.807, 2.05) is 13.8 Å². The molecule has 0 aliphatic rings. The van der Waals surface area contributed by atoms with Crippen LogP contribution in [0, 0.1) is 6.92 Å². The first-order valence-corrected chi connectivity index (χ1v) is 3.25. The molecule has 0 aromatic carbocycles. The van der Waals surface area contributed by atoms with Crippen molar-refractivity contribution in [2.45, 2.75) is 19.9 Å². The smallest absolute Gasteiger partial charge is 0.0780 e. The number of halogens is 2. The SMILES string of the molecule is Cc1nccnc1[C@H](C)N.Cl.Cl. The monoisotopic (exact) mass is 209 g/mol. The van der Waals surface area contributed by atoms with Gasteiger partial charge in [-0.15, -0.1) is 24.8 Å². The number of nitrogens with zero attached hydrogens (tertiary/aromatic N) is 2. The molecule has 0 bridgehead atoms. The van der Waals surface area contributed by atoms with E-state index in [1.165, 1.54) is 0 Å². The third-order valence-corrected chi connectivity index (χ3v) is 1.35. The Morgan fingerprint density at radius 2 is 1.75 bits per heavy atom. The van der Waals surface area contributed by atoms with E-state index in [-0.39, 0.29) is 30.9 Å². The van der Waals surface area contributed by atoms with Gasteiger partial charge < -0.3 is 5.73 Å². The molecule has 0 saturated carbocycles. The Hall–Kier alpha value is -0.380. The standard InChI is InChI=1S/C7H11N3.2ClH/c1-5(8)7-6(2)9-3-4-10-7;;/h3-5H,8H2,1-2H3;2*1H/t5-;;/m0../s1. The zero-order valence-corrected chi connectivity index (χ0v) is 8.65. The van der Waals surface area contributed by atoms with Gasteiger partial charge in [-0.3, -0.25) is 9.97 Å². The minimum absolute atomic E-state index is 0. The molecule has 1 aromatic heterocycles. The Morgan fingerprint density at radius 3 is 2.08 bits per heavy atom. The predicted molar refractivity (Wildman–Crippen MR) is 53.9 cm³/mol. The van der Waals surface area contributed by atoms with Crippen LogP contribution >= 0.6 is 24.8 Å². The quantitative estimate of drug-likeness (QED) is 0.766. The molecule has 0 aliphatic carbocycles. The lowest BCUT2D eigenvalue weighted by molar-refractivity contribution is 0.759. The van der Waals surface area contributed by atoms with Crippen LogP contribution in [-0.2, 0) is 0 Å². The van der Waals surface area contributed by atoms with Crippen LogP contribution in [0.15, 0.2) is 12.4 Å². The second-order valence-corrected chi connectivity index (χ2v) is 2.32. The van der Waals surface area contributed by atoms with Crippen molar-refractivity contribution in [1.82, 2.24) is 9.97 Å². The van der Waals surface area contributed by atoms with Gasteiger partial charge >= 0.3 is 0 Å². The molecule has 0 spiro atoms. The van der Waals surface area contributed by atoms with Gasteiger partial charge in [0.05, 0.1) is 11.4 Å². The minimum Gasteiger partial charge on any atom is -0.323 e. The summed E-state index contributed by atoms with van der Waals surface area (Å²) in [6, 6.07) is -0.0197. The Morgan fingerprint density at radius 1 is 1.25 bits per heavy atom. The Kier molecular flexibility index (Phi) is 7.28. The minimum atomic E-state index is -0.0197. The molecule has 1 rings (SSSR count). The molecular weight excluding hydrogens is 197 g/mol. The normalized spacial score (nSPS) is 10.9. The molecule has 1 heterocycles. The maximum Gasteiger partial charge on any atom is 0.0780 e. The Bertz CT molecular complexity index is 228. The highest BCUT2D eigenvalue weighted by Gasteiger charge is 2.03. The molecule has 0 fully saturated rings. The highest BCUT2D eigenvalue weighted by atomic mass is 35.5. The molecule has 0 amide bonds. The van der Waals surface area contributed by atoms with Crippen molar-refractivity contribution in [3.05, 3.63) is 23.8 Å². The molecule has 2 N–H and O–H groups in total. The van der Waals surface area contributed by atoms with Crippen LogP contribution in [0.2, 0.25) is 0 Å². The number of hydrogen-bond donors (Lipinski definition) is 1. The fourth-order valence-electron chi connectivity index (χ4n) is 0.865. The summed E-state index contributed by atoms with van der Waals surface area (Å²) >= 11 is 0. The molecular formula is C7H13Cl2N3. The fraction of sp³-hybridized carbons (Fsp3) is 0.429. The number of nitrogens with two attached hydrogens (primary N) is 1. The van der Waals surface area contributed by atoms with E-state index >= 15 is 0 Å². The van der Waals surface area contributed by atoms with Crippen LogP contribution in [0.25, 0.3) is 0 Å². The lowest BCUT2D eigenvalue weighted by atomic mass is 10.2. The second kappa shape index (κ2) is 6.17. The van der Waals surface area contributed by atoms with E-state index in [0.29, 0.717) is 0 Å². The van der Waals surface area contributed by atoms with Crippen LogP contribution in [0.4, 0.5) is 0 Å². The molecule has 0 radical (unpaired) electrons. The van der Waals surface area contributed by atoms with Crippen LogP contribution < -0.4 is 5.73 Å². The van der Waals surface area contributed by atoms with Crippen LogP contribution in [0.1, 0.15) is 24.4 Å². The van der Waals surface area contributed by atoms with Crippen molar-refractivity contribution in [1.29, 1.82) is 0 Å². The topological polar surface area (TPSA) is 51.8 Å². The Labute approximate surface area is 84.6 Å². The zero-order valence-electron chi connectivity index (χ0n) is 7.02. The van der Waals surface area contributed by atoms with Gasteiger partial charge in [0.15, 0.2) is 0 Å². The van der Waals surface area contributed by atoms with Crippen molar-refractivity contribution in [2.24, 2.45) is 5.73 Å². The van der Waals surface area contributed by atoms with E-state index in [2.05, 4.69) is 9.97 Å². The third-order valence-electron chi connectivity index (χ3n) is 1.35. The second-order valence-electron chi connectivity index (χ2n) is 2.32. The van der Waals surface area contributed by atoms with E-state index in [4.69, 9.17) is 5.73 Å².